The molecule has 0 radical (unpaired) electrons. The summed E-state index contributed by atoms with van der Waals surface area (Å²) in [6.45, 7) is 4.98. The third kappa shape index (κ3) is 3.72. The van der Waals surface area contributed by atoms with Crippen LogP contribution in [0.3, 0.4) is 0 Å². The van der Waals surface area contributed by atoms with Crippen LogP contribution in [-0.2, 0) is 6.61 Å². The van der Waals surface area contributed by atoms with Gasteiger partial charge >= 0.3 is 0 Å². The lowest BCUT2D eigenvalue weighted by Crippen LogP contribution is -2.05. The molecule has 0 amide bonds. The van der Waals surface area contributed by atoms with Crippen LogP contribution < -0.4 is 10.1 Å². The van der Waals surface area contributed by atoms with Crippen LogP contribution >= 0.6 is 0 Å². The summed E-state index contributed by atoms with van der Waals surface area (Å²) < 4.78 is 5.78. The van der Waals surface area contributed by atoms with Gasteiger partial charge in [-0.1, -0.05) is 18.2 Å². The molecule has 0 spiro atoms. The van der Waals surface area contributed by atoms with E-state index in [1.807, 2.05) is 38.1 Å². The van der Waals surface area contributed by atoms with Gasteiger partial charge in [0.25, 0.3) is 5.69 Å². The first-order valence-corrected chi connectivity index (χ1v) is 6.81. The van der Waals surface area contributed by atoms with Crippen molar-refractivity contribution in [1.29, 1.82) is 0 Å². The molecule has 0 atom stereocenters. The molecule has 0 fully saturated rings. The minimum Gasteiger partial charge on any atom is -0.489 e. The van der Waals surface area contributed by atoms with Crippen molar-refractivity contribution < 1.29 is 9.66 Å². The zero-order valence-electron chi connectivity index (χ0n) is 12.1. The lowest BCUT2D eigenvalue weighted by molar-refractivity contribution is -0.384. The zero-order chi connectivity index (χ0) is 15.2. The molecule has 5 nitrogen and oxygen atoms in total. The van der Waals surface area contributed by atoms with Crippen LogP contribution in [0.5, 0.6) is 5.75 Å². The maximum atomic E-state index is 10.9. The molecular formula is C16H18N2O3. The highest BCUT2D eigenvalue weighted by Gasteiger charge is 2.11. The summed E-state index contributed by atoms with van der Waals surface area (Å²) in [5, 5.41) is 14.1. The van der Waals surface area contributed by atoms with Gasteiger partial charge in [0.1, 0.15) is 12.4 Å². The summed E-state index contributed by atoms with van der Waals surface area (Å²) in [6, 6.07) is 12.5. The molecule has 2 aromatic carbocycles. The number of nitro benzene ring substituents is 1. The predicted molar refractivity (Wildman–Crippen MR) is 82.8 cm³/mol. The van der Waals surface area contributed by atoms with Crippen LogP contribution in [0.15, 0.2) is 42.5 Å². The number of hydrogen-bond acceptors (Lipinski definition) is 4. The van der Waals surface area contributed by atoms with E-state index in [4.69, 9.17) is 4.74 Å². The first kappa shape index (κ1) is 14.8. The van der Waals surface area contributed by atoms with Crippen LogP contribution in [0.1, 0.15) is 18.1 Å². The number of nitrogens with zero attached hydrogens (tertiary/aromatic N) is 1. The molecule has 0 aliphatic rings. The van der Waals surface area contributed by atoms with E-state index in [2.05, 4.69) is 5.32 Å². The number of para-hydroxylation sites is 1. The fourth-order valence-corrected chi connectivity index (χ4v) is 2.05. The Hall–Kier alpha value is -2.56. The molecule has 2 rings (SSSR count). The van der Waals surface area contributed by atoms with Gasteiger partial charge in [-0.25, -0.2) is 0 Å². The third-order valence-electron chi connectivity index (χ3n) is 3.14. The van der Waals surface area contributed by atoms with Crippen molar-refractivity contribution in [2.75, 3.05) is 11.9 Å². The van der Waals surface area contributed by atoms with E-state index in [1.165, 1.54) is 6.07 Å². The monoisotopic (exact) mass is 286 g/mol. The predicted octanol–water partition coefficient (Wildman–Crippen LogP) is 3.91. The van der Waals surface area contributed by atoms with E-state index in [1.54, 1.807) is 12.1 Å². The maximum Gasteiger partial charge on any atom is 0.269 e. The lowest BCUT2D eigenvalue weighted by atomic mass is 10.1. The summed E-state index contributed by atoms with van der Waals surface area (Å²) >= 11 is 0. The summed E-state index contributed by atoms with van der Waals surface area (Å²) in [6.07, 6.45) is 0. The van der Waals surface area contributed by atoms with Crippen LogP contribution in [0.25, 0.3) is 0 Å². The molecule has 0 saturated carbocycles. The average Bonchev–Trinajstić information content (AvgIpc) is 2.47. The number of hydrogen-bond donors (Lipinski definition) is 1. The molecule has 0 aliphatic carbocycles. The zero-order valence-corrected chi connectivity index (χ0v) is 12.1. The van der Waals surface area contributed by atoms with E-state index >= 15 is 0 Å². The number of nitrogens with one attached hydrogen (secondary N) is 1. The minimum absolute atomic E-state index is 0.0695. The van der Waals surface area contributed by atoms with Crippen LogP contribution in [-0.4, -0.2) is 11.5 Å². The molecule has 2 aromatic rings. The van der Waals surface area contributed by atoms with E-state index in [0.29, 0.717) is 0 Å². The molecule has 0 unspecified atom stereocenters. The van der Waals surface area contributed by atoms with Gasteiger partial charge in [0, 0.05) is 29.9 Å². The molecular weight excluding hydrogens is 268 g/mol. The number of non-ortho nitro benzene ring substituents is 1. The highest BCUT2D eigenvalue weighted by atomic mass is 16.6. The minimum atomic E-state index is -0.396. The molecule has 110 valence electrons. The van der Waals surface area contributed by atoms with Gasteiger partial charge in [0.2, 0.25) is 0 Å². The van der Waals surface area contributed by atoms with Gasteiger partial charge < -0.3 is 10.1 Å². The average molecular weight is 286 g/mol. The van der Waals surface area contributed by atoms with E-state index in [0.717, 1.165) is 29.1 Å². The van der Waals surface area contributed by atoms with Crippen molar-refractivity contribution in [3.8, 4) is 5.75 Å². The lowest BCUT2D eigenvalue weighted by Gasteiger charge is -2.13. The third-order valence-corrected chi connectivity index (χ3v) is 3.14. The molecule has 1 N–H and O–H groups in total. The Kier molecular flexibility index (Phi) is 4.77. The second-order valence-electron chi connectivity index (χ2n) is 4.68. The second kappa shape index (κ2) is 6.74. The van der Waals surface area contributed by atoms with Crippen molar-refractivity contribution in [2.24, 2.45) is 0 Å². The smallest absolute Gasteiger partial charge is 0.269 e. The van der Waals surface area contributed by atoms with Crippen molar-refractivity contribution in [3.05, 3.63) is 63.7 Å². The Balaban J connectivity index is 2.22. The molecule has 0 saturated heterocycles. The Morgan fingerprint density at radius 1 is 1.24 bits per heavy atom. The summed E-state index contributed by atoms with van der Waals surface area (Å²) in [5.41, 5.74) is 2.74. The Labute approximate surface area is 123 Å². The van der Waals surface area contributed by atoms with Crippen LogP contribution in [0.4, 0.5) is 11.4 Å². The SMILES string of the molecule is CCNc1ccc([N+](=O)[O-])cc1COc1ccccc1C. The van der Waals surface area contributed by atoms with Gasteiger partial charge in [-0.3, -0.25) is 10.1 Å². The molecule has 0 aromatic heterocycles. The number of ether oxygens (including phenoxy) is 1. The van der Waals surface area contributed by atoms with Crippen molar-refractivity contribution in [1.82, 2.24) is 0 Å². The van der Waals surface area contributed by atoms with Gasteiger partial charge in [0.15, 0.2) is 0 Å². The fourth-order valence-electron chi connectivity index (χ4n) is 2.05. The Morgan fingerprint density at radius 2 is 2.00 bits per heavy atom. The topological polar surface area (TPSA) is 64.4 Å². The molecule has 0 heterocycles. The van der Waals surface area contributed by atoms with Gasteiger partial charge in [-0.2, -0.15) is 0 Å². The number of benzene rings is 2. The number of anilines is 1. The largest absolute Gasteiger partial charge is 0.489 e. The molecule has 21 heavy (non-hydrogen) atoms. The van der Waals surface area contributed by atoms with E-state index in [9.17, 15) is 10.1 Å². The summed E-state index contributed by atoms with van der Waals surface area (Å²) in [4.78, 5) is 10.5. The number of aryl methyl sites for hydroxylation is 1. The van der Waals surface area contributed by atoms with Gasteiger partial charge in [0.05, 0.1) is 4.92 Å². The normalized spacial score (nSPS) is 10.2. The second-order valence-corrected chi connectivity index (χ2v) is 4.68. The highest BCUT2D eigenvalue weighted by molar-refractivity contribution is 5.56. The first-order chi connectivity index (χ1) is 10.1. The van der Waals surface area contributed by atoms with Crippen molar-refractivity contribution >= 4 is 11.4 Å². The van der Waals surface area contributed by atoms with E-state index < -0.39 is 4.92 Å². The first-order valence-electron chi connectivity index (χ1n) is 6.81. The standard InChI is InChI=1S/C16H18N2O3/c1-3-17-15-9-8-14(18(19)20)10-13(15)11-21-16-7-5-4-6-12(16)2/h4-10,17H,3,11H2,1-2H3. The fraction of sp³-hybridized carbons (Fsp3) is 0.250. The van der Waals surface area contributed by atoms with Crippen LogP contribution in [0, 0.1) is 17.0 Å². The maximum absolute atomic E-state index is 10.9. The van der Waals surface area contributed by atoms with Gasteiger partial charge in [-0.05, 0) is 31.5 Å². The highest BCUT2D eigenvalue weighted by Crippen LogP contribution is 2.25. The van der Waals surface area contributed by atoms with E-state index in [-0.39, 0.29) is 12.3 Å². The molecule has 0 aliphatic heterocycles. The van der Waals surface area contributed by atoms with Crippen molar-refractivity contribution in [3.63, 3.8) is 0 Å². The molecule has 0 bridgehead atoms. The van der Waals surface area contributed by atoms with Crippen LogP contribution in [0.2, 0.25) is 0 Å². The number of rotatable bonds is 6. The van der Waals surface area contributed by atoms with Crippen molar-refractivity contribution in [2.45, 2.75) is 20.5 Å². The number of nitro groups is 1. The van der Waals surface area contributed by atoms with Gasteiger partial charge in [-0.15, -0.1) is 0 Å². The molecule has 5 heteroatoms. The quantitative estimate of drug-likeness (QED) is 0.646. The summed E-state index contributed by atoms with van der Waals surface area (Å²) in [7, 11) is 0. The summed E-state index contributed by atoms with van der Waals surface area (Å²) in [5.74, 6) is 0.784. The Morgan fingerprint density at radius 3 is 2.67 bits per heavy atom. The Bertz CT molecular complexity index is 641.